The van der Waals surface area contributed by atoms with E-state index in [1.165, 1.54) is 32.1 Å². The zero-order valence-corrected chi connectivity index (χ0v) is 13.3. The smallest absolute Gasteiger partial charge is 0.240 e. The van der Waals surface area contributed by atoms with Crippen LogP contribution in [0, 0.1) is 0 Å². The van der Waals surface area contributed by atoms with Crippen molar-refractivity contribution in [3.05, 3.63) is 18.2 Å². The van der Waals surface area contributed by atoms with Gasteiger partial charge in [-0.05, 0) is 51.1 Å². The zero-order valence-electron chi connectivity index (χ0n) is 12.5. The summed E-state index contributed by atoms with van der Waals surface area (Å²) in [6.07, 6.45) is 2.38. The first-order valence-corrected chi connectivity index (χ1v) is 8.59. The quantitative estimate of drug-likeness (QED) is 0.767. The maximum absolute atomic E-state index is 12.3. The molecular weight excluding hydrogens is 290 g/mol. The molecule has 0 spiro atoms. The van der Waals surface area contributed by atoms with Gasteiger partial charge in [-0.3, -0.25) is 0 Å². The number of hydrogen-bond donors (Lipinski definition) is 2. The third-order valence-electron chi connectivity index (χ3n) is 3.60. The number of likely N-dealkylation sites (tertiary alicyclic amines) is 1. The Kier molecular flexibility index (Phi) is 5.08. The summed E-state index contributed by atoms with van der Waals surface area (Å²) >= 11 is 0. The summed E-state index contributed by atoms with van der Waals surface area (Å²) in [5.74, 6) is 0.471. The summed E-state index contributed by atoms with van der Waals surface area (Å²) in [5, 5.41) is 0. The van der Waals surface area contributed by atoms with Crippen molar-refractivity contribution < 1.29 is 13.2 Å². The average molecular weight is 313 g/mol. The van der Waals surface area contributed by atoms with Crippen molar-refractivity contribution in [1.29, 1.82) is 0 Å². The van der Waals surface area contributed by atoms with Gasteiger partial charge in [0.25, 0.3) is 0 Å². The van der Waals surface area contributed by atoms with E-state index in [0.29, 0.717) is 11.4 Å². The van der Waals surface area contributed by atoms with Crippen LogP contribution in [0.15, 0.2) is 23.1 Å². The van der Waals surface area contributed by atoms with E-state index in [1.54, 1.807) is 6.07 Å². The minimum absolute atomic E-state index is 0.142. The third-order valence-corrected chi connectivity index (χ3v) is 5.19. The van der Waals surface area contributed by atoms with Crippen LogP contribution in [0.2, 0.25) is 0 Å². The van der Waals surface area contributed by atoms with Crippen molar-refractivity contribution in [3.8, 4) is 5.75 Å². The van der Waals surface area contributed by atoms with Gasteiger partial charge in [-0.2, -0.15) is 0 Å². The topological polar surface area (TPSA) is 84.7 Å². The molecule has 1 heterocycles. The summed E-state index contributed by atoms with van der Waals surface area (Å²) in [6, 6.07) is 4.34. The Morgan fingerprint density at radius 3 is 2.62 bits per heavy atom. The van der Waals surface area contributed by atoms with Crippen LogP contribution in [0.4, 0.5) is 5.69 Å². The maximum atomic E-state index is 12.3. The molecule has 2 rings (SSSR count). The van der Waals surface area contributed by atoms with E-state index < -0.39 is 10.0 Å². The Morgan fingerprint density at radius 1 is 1.38 bits per heavy atom. The number of sulfonamides is 1. The Balaban J connectivity index is 2.05. The number of rotatable bonds is 6. The van der Waals surface area contributed by atoms with E-state index in [0.717, 1.165) is 19.6 Å². The number of benzene rings is 1. The molecule has 0 amide bonds. The van der Waals surface area contributed by atoms with E-state index >= 15 is 0 Å². The van der Waals surface area contributed by atoms with Gasteiger partial charge in [0.1, 0.15) is 5.75 Å². The fourth-order valence-corrected chi connectivity index (χ4v) is 3.87. The summed E-state index contributed by atoms with van der Waals surface area (Å²) in [6.45, 7) is 4.69. The number of anilines is 1. The number of nitrogens with zero attached hydrogens (tertiary/aromatic N) is 1. The van der Waals surface area contributed by atoms with E-state index in [-0.39, 0.29) is 10.9 Å². The molecule has 3 N–H and O–H groups in total. The molecule has 1 saturated heterocycles. The van der Waals surface area contributed by atoms with Crippen molar-refractivity contribution in [2.45, 2.75) is 30.7 Å². The molecule has 21 heavy (non-hydrogen) atoms. The van der Waals surface area contributed by atoms with Crippen LogP contribution in [0.1, 0.15) is 19.8 Å². The normalized spacial score (nSPS) is 17.8. The molecule has 0 saturated carbocycles. The molecule has 1 aliphatic heterocycles. The van der Waals surface area contributed by atoms with Gasteiger partial charge in [0.05, 0.1) is 17.7 Å². The Morgan fingerprint density at radius 2 is 2.05 bits per heavy atom. The fraction of sp³-hybridized carbons (Fsp3) is 0.571. The number of nitrogens with two attached hydrogens (primary N) is 1. The second-order valence-corrected chi connectivity index (χ2v) is 7.15. The van der Waals surface area contributed by atoms with Crippen molar-refractivity contribution in [1.82, 2.24) is 9.62 Å². The summed E-state index contributed by atoms with van der Waals surface area (Å²) in [7, 11) is -2.06. The number of ether oxygens (including phenoxy) is 1. The van der Waals surface area contributed by atoms with Crippen LogP contribution >= 0.6 is 0 Å². The highest BCUT2D eigenvalue weighted by Crippen LogP contribution is 2.24. The highest BCUT2D eigenvalue weighted by molar-refractivity contribution is 7.89. The first-order valence-electron chi connectivity index (χ1n) is 7.10. The molecular formula is C14H23N3O3S. The zero-order chi connectivity index (χ0) is 15.5. The number of nitrogens with one attached hydrogen (secondary N) is 1. The summed E-state index contributed by atoms with van der Waals surface area (Å²) < 4.78 is 32.4. The van der Waals surface area contributed by atoms with Crippen molar-refractivity contribution in [2.24, 2.45) is 0 Å². The van der Waals surface area contributed by atoms with Gasteiger partial charge in [0, 0.05) is 12.6 Å². The molecule has 7 heteroatoms. The highest BCUT2D eigenvalue weighted by Gasteiger charge is 2.21. The summed E-state index contributed by atoms with van der Waals surface area (Å²) in [4.78, 5) is 2.43. The molecule has 1 atom stereocenters. The Labute approximate surface area is 126 Å². The first-order chi connectivity index (χ1) is 9.92. The van der Waals surface area contributed by atoms with Gasteiger partial charge >= 0.3 is 0 Å². The third kappa shape index (κ3) is 4.09. The second-order valence-electron chi connectivity index (χ2n) is 5.43. The predicted octanol–water partition coefficient (Wildman–Crippen LogP) is 1.04. The molecule has 1 unspecified atom stereocenters. The fourth-order valence-electron chi connectivity index (χ4n) is 2.60. The molecule has 0 aliphatic carbocycles. The second kappa shape index (κ2) is 6.64. The standard InChI is InChI=1S/C14H23N3O3S/c1-11(10-17-7-3-4-8-17)16-21(18,19)12-5-6-14(20-2)13(15)9-12/h5-6,9,11,16H,3-4,7-8,10,15H2,1-2H3. The lowest BCUT2D eigenvalue weighted by Crippen LogP contribution is -2.41. The molecule has 0 bridgehead atoms. The van der Waals surface area contributed by atoms with Crippen molar-refractivity contribution in [2.75, 3.05) is 32.5 Å². The van der Waals surface area contributed by atoms with Crippen LogP contribution in [-0.4, -0.2) is 46.1 Å². The van der Waals surface area contributed by atoms with Crippen LogP contribution in [0.25, 0.3) is 0 Å². The van der Waals surface area contributed by atoms with Gasteiger partial charge in [-0.25, -0.2) is 13.1 Å². The average Bonchev–Trinajstić information content (AvgIpc) is 2.90. The monoisotopic (exact) mass is 313 g/mol. The largest absolute Gasteiger partial charge is 0.495 e. The van der Waals surface area contributed by atoms with E-state index in [9.17, 15) is 8.42 Å². The molecule has 0 aromatic heterocycles. The van der Waals surface area contributed by atoms with E-state index in [4.69, 9.17) is 10.5 Å². The molecule has 1 fully saturated rings. The predicted molar refractivity (Wildman–Crippen MR) is 82.9 cm³/mol. The lowest BCUT2D eigenvalue weighted by atomic mass is 10.3. The van der Waals surface area contributed by atoms with Gasteiger partial charge in [-0.1, -0.05) is 0 Å². The van der Waals surface area contributed by atoms with Gasteiger partial charge in [-0.15, -0.1) is 0 Å². The Hall–Kier alpha value is -1.31. The van der Waals surface area contributed by atoms with Crippen LogP contribution in [0.5, 0.6) is 5.75 Å². The number of nitrogen functional groups attached to an aromatic ring is 1. The molecule has 118 valence electrons. The van der Waals surface area contributed by atoms with Crippen LogP contribution in [0.3, 0.4) is 0 Å². The Bertz CT molecular complexity index is 583. The number of methoxy groups -OCH3 is 1. The minimum atomic E-state index is -3.56. The molecule has 6 nitrogen and oxygen atoms in total. The van der Waals surface area contributed by atoms with E-state index in [1.807, 2.05) is 6.92 Å². The molecule has 0 radical (unpaired) electrons. The molecule has 1 aromatic carbocycles. The molecule has 1 aliphatic rings. The summed E-state index contributed by atoms with van der Waals surface area (Å²) in [5.41, 5.74) is 6.08. The van der Waals surface area contributed by atoms with Crippen LogP contribution < -0.4 is 15.2 Å². The van der Waals surface area contributed by atoms with Crippen LogP contribution in [-0.2, 0) is 10.0 Å². The van der Waals surface area contributed by atoms with Crippen molar-refractivity contribution >= 4 is 15.7 Å². The van der Waals surface area contributed by atoms with Gasteiger partial charge < -0.3 is 15.4 Å². The van der Waals surface area contributed by atoms with Gasteiger partial charge in [0.2, 0.25) is 10.0 Å². The minimum Gasteiger partial charge on any atom is -0.495 e. The number of hydrogen-bond acceptors (Lipinski definition) is 5. The van der Waals surface area contributed by atoms with E-state index in [2.05, 4.69) is 9.62 Å². The van der Waals surface area contributed by atoms with Crippen molar-refractivity contribution in [3.63, 3.8) is 0 Å². The highest BCUT2D eigenvalue weighted by atomic mass is 32.2. The maximum Gasteiger partial charge on any atom is 0.240 e. The molecule has 1 aromatic rings. The van der Waals surface area contributed by atoms with Gasteiger partial charge in [0.15, 0.2) is 0 Å². The SMILES string of the molecule is COc1ccc(S(=O)(=O)NC(C)CN2CCCC2)cc1N. The lowest BCUT2D eigenvalue weighted by molar-refractivity contribution is 0.313. The lowest BCUT2D eigenvalue weighted by Gasteiger charge is -2.21. The first kappa shape index (κ1) is 16.1.